The Bertz CT molecular complexity index is 199. The normalized spacial score (nSPS) is 17.0. The molecule has 0 saturated heterocycles. The van der Waals surface area contributed by atoms with E-state index in [9.17, 15) is 0 Å². The van der Waals surface area contributed by atoms with Gasteiger partial charge >= 0.3 is 0 Å². The Kier molecular flexibility index (Phi) is 1.39. The Morgan fingerprint density at radius 1 is 1.89 bits per heavy atom. The second-order valence-electron chi connectivity index (χ2n) is 2.22. The monoisotopic (exact) mass is 122 g/mol. The summed E-state index contributed by atoms with van der Waals surface area (Å²) in [5.74, 6) is 0. The Hall–Kier alpha value is -1.05. The van der Waals surface area contributed by atoms with Crippen LogP contribution in [0.25, 0.3) is 0 Å². The molecule has 0 aliphatic carbocycles. The molecule has 0 aromatic carbocycles. The molecule has 2 nitrogen and oxygen atoms in total. The largest absolute Gasteiger partial charge is 0.397 e. The topological polar surface area (TPSA) is 38.4 Å². The van der Waals surface area contributed by atoms with Gasteiger partial charge in [0.2, 0.25) is 0 Å². The van der Waals surface area contributed by atoms with Gasteiger partial charge in [0, 0.05) is 5.70 Å². The van der Waals surface area contributed by atoms with Gasteiger partial charge < -0.3 is 5.73 Å². The van der Waals surface area contributed by atoms with E-state index in [1.54, 1.807) is 0 Å². The first-order chi connectivity index (χ1) is 4.20. The van der Waals surface area contributed by atoms with Crippen molar-refractivity contribution in [3.8, 4) is 0 Å². The van der Waals surface area contributed by atoms with Gasteiger partial charge in [-0.25, -0.2) is 0 Å². The van der Waals surface area contributed by atoms with Gasteiger partial charge in [-0.3, -0.25) is 4.99 Å². The summed E-state index contributed by atoms with van der Waals surface area (Å²) in [7, 11) is 0. The predicted octanol–water partition coefficient (Wildman–Crippen LogP) is 0.860. The lowest BCUT2D eigenvalue weighted by atomic mass is 10.2. The molecular formula is C7H10N2. The fourth-order valence-corrected chi connectivity index (χ4v) is 0.729. The van der Waals surface area contributed by atoms with Crippen LogP contribution in [0.5, 0.6) is 0 Å². The zero-order chi connectivity index (χ0) is 6.85. The Labute approximate surface area is 54.8 Å². The van der Waals surface area contributed by atoms with E-state index in [2.05, 4.69) is 11.6 Å². The van der Waals surface area contributed by atoms with Gasteiger partial charge in [-0.15, -0.1) is 0 Å². The maximum absolute atomic E-state index is 5.39. The van der Waals surface area contributed by atoms with Gasteiger partial charge in [-0.1, -0.05) is 6.58 Å². The summed E-state index contributed by atoms with van der Waals surface area (Å²) in [6, 6.07) is 0. The summed E-state index contributed by atoms with van der Waals surface area (Å²) >= 11 is 0. The molecule has 0 fully saturated rings. The molecule has 0 atom stereocenters. The van der Waals surface area contributed by atoms with Gasteiger partial charge in [0.1, 0.15) is 0 Å². The highest BCUT2D eigenvalue weighted by molar-refractivity contribution is 6.09. The average molecular weight is 122 g/mol. The lowest BCUT2D eigenvalue weighted by molar-refractivity contribution is 1.17. The second-order valence-corrected chi connectivity index (χ2v) is 2.22. The van der Waals surface area contributed by atoms with E-state index in [1.165, 1.54) is 5.57 Å². The van der Waals surface area contributed by atoms with Crippen molar-refractivity contribution >= 4 is 5.71 Å². The lowest BCUT2D eigenvalue weighted by Crippen LogP contribution is -2.04. The number of aliphatic imine (C=N–C) groups is 1. The van der Waals surface area contributed by atoms with Crippen molar-refractivity contribution < 1.29 is 0 Å². The standard InChI is InChI=1S/C7H10N2/c1-5-3-7(6(2)8)9-4-5/h3H,2,4,8H2,1H3. The van der Waals surface area contributed by atoms with E-state index in [0.717, 1.165) is 12.3 Å². The van der Waals surface area contributed by atoms with Crippen molar-refractivity contribution in [3.63, 3.8) is 0 Å². The van der Waals surface area contributed by atoms with Gasteiger partial charge in [0.25, 0.3) is 0 Å². The zero-order valence-corrected chi connectivity index (χ0v) is 5.52. The maximum atomic E-state index is 5.39. The Morgan fingerprint density at radius 3 is 2.78 bits per heavy atom. The summed E-state index contributed by atoms with van der Waals surface area (Å²) in [4.78, 5) is 4.12. The minimum atomic E-state index is 0.562. The van der Waals surface area contributed by atoms with E-state index < -0.39 is 0 Å². The van der Waals surface area contributed by atoms with Crippen molar-refractivity contribution in [3.05, 3.63) is 23.9 Å². The summed E-state index contributed by atoms with van der Waals surface area (Å²) in [6.45, 7) is 6.38. The summed E-state index contributed by atoms with van der Waals surface area (Å²) in [6.07, 6.45) is 1.96. The number of nitrogens with zero attached hydrogens (tertiary/aromatic N) is 1. The van der Waals surface area contributed by atoms with Crippen molar-refractivity contribution in [2.45, 2.75) is 6.92 Å². The predicted molar refractivity (Wildman–Crippen MR) is 39.4 cm³/mol. The molecule has 48 valence electrons. The molecule has 0 aromatic heterocycles. The highest BCUT2D eigenvalue weighted by atomic mass is 14.8. The minimum absolute atomic E-state index is 0.562. The van der Waals surface area contributed by atoms with Crippen LogP contribution in [-0.4, -0.2) is 12.3 Å². The summed E-state index contributed by atoms with van der Waals surface area (Å²) in [5, 5.41) is 0. The highest BCUT2D eigenvalue weighted by Crippen LogP contribution is 2.05. The van der Waals surface area contributed by atoms with Crippen molar-refractivity contribution in [2.75, 3.05) is 6.54 Å². The summed E-state index contributed by atoms with van der Waals surface area (Å²) in [5.41, 5.74) is 8.04. The molecule has 1 aliphatic heterocycles. The molecule has 1 aliphatic rings. The van der Waals surface area contributed by atoms with Crippen molar-refractivity contribution in [2.24, 2.45) is 10.7 Å². The number of hydrogen-bond acceptors (Lipinski definition) is 2. The smallest absolute Gasteiger partial charge is 0.0801 e. The third kappa shape index (κ3) is 1.19. The van der Waals surface area contributed by atoms with Crippen LogP contribution < -0.4 is 5.73 Å². The highest BCUT2D eigenvalue weighted by Gasteiger charge is 2.03. The fraction of sp³-hybridized carbons (Fsp3) is 0.286. The summed E-state index contributed by atoms with van der Waals surface area (Å²) < 4.78 is 0. The molecular weight excluding hydrogens is 112 g/mol. The van der Waals surface area contributed by atoms with Gasteiger partial charge in [0.15, 0.2) is 0 Å². The molecule has 0 unspecified atom stereocenters. The van der Waals surface area contributed by atoms with E-state index in [-0.39, 0.29) is 0 Å². The third-order valence-electron chi connectivity index (χ3n) is 1.21. The average Bonchev–Trinajstić information content (AvgIpc) is 2.14. The van der Waals surface area contributed by atoms with Crippen LogP contribution in [-0.2, 0) is 0 Å². The van der Waals surface area contributed by atoms with Crippen LogP contribution in [0.15, 0.2) is 28.9 Å². The molecule has 0 saturated carbocycles. The van der Waals surface area contributed by atoms with Gasteiger partial charge in [-0.05, 0) is 18.6 Å². The van der Waals surface area contributed by atoms with Crippen LogP contribution >= 0.6 is 0 Å². The zero-order valence-electron chi connectivity index (χ0n) is 5.52. The van der Waals surface area contributed by atoms with Gasteiger partial charge in [-0.2, -0.15) is 0 Å². The third-order valence-corrected chi connectivity index (χ3v) is 1.21. The number of allylic oxidation sites excluding steroid dienone is 1. The molecule has 2 heteroatoms. The molecule has 0 bridgehead atoms. The van der Waals surface area contributed by atoms with Crippen molar-refractivity contribution in [1.29, 1.82) is 0 Å². The van der Waals surface area contributed by atoms with Crippen LogP contribution in [0.3, 0.4) is 0 Å². The van der Waals surface area contributed by atoms with E-state index in [0.29, 0.717) is 5.70 Å². The maximum Gasteiger partial charge on any atom is 0.0801 e. The van der Waals surface area contributed by atoms with Crippen LogP contribution in [0.2, 0.25) is 0 Å². The Morgan fingerprint density at radius 2 is 2.56 bits per heavy atom. The number of nitrogens with two attached hydrogens (primary N) is 1. The van der Waals surface area contributed by atoms with E-state index >= 15 is 0 Å². The lowest BCUT2D eigenvalue weighted by Gasteiger charge is -1.90. The molecule has 0 aromatic rings. The first-order valence-electron chi connectivity index (χ1n) is 2.86. The molecule has 0 spiro atoms. The van der Waals surface area contributed by atoms with Crippen LogP contribution in [0, 0.1) is 0 Å². The molecule has 1 rings (SSSR count). The molecule has 1 heterocycles. The minimum Gasteiger partial charge on any atom is -0.397 e. The fourth-order valence-electron chi connectivity index (χ4n) is 0.729. The first kappa shape index (κ1) is 6.08. The van der Waals surface area contributed by atoms with Crippen LogP contribution in [0.1, 0.15) is 6.92 Å². The van der Waals surface area contributed by atoms with Crippen LogP contribution in [0.4, 0.5) is 0 Å². The molecule has 0 radical (unpaired) electrons. The molecule has 9 heavy (non-hydrogen) atoms. The number of hydrogen-bond donors (Lipinski definition) is 1. The molecule has 2 N–H and O–H groups in total. The SMILES string of the molecule is C=C(N)C1=NCC(C)=C1. The first-order valence-corrected chi connectivity index (χ1v) is 2.86. The quantitative estimate of drug-likeness (QED) is 0.550. The van der Waals surface area contributed by atoms with E-state index in [4.69, 9.17) is 5.73 Å². The van der Waals surface area contributed by atoms with Crippen molar-refractivity contribution in [1.82, 2.24) is 0 Å². The second kappa shape index (κ2) is 2.05. The molecule has 0 amide bonds. The Balaban J connectivity index is 2.75. The number of rotatable bonds is 1. The van der Waals surface area contributed by atoms with Gasteiger partial charge in [0.05, 0.1) is 12.3 Å². The van der Waals surface area contributed by atoms with E-state index in [1.807, 2.05) is 13.0 Å².